The van der Waals surface area contributed by atoms with Gasteiger partial charge in [-0.3, -0.25) is 4.79 Å². The van der Waals surface area contributed by atoms with Gasteiger partial charge in [0.1, 0.15) is 11.5 Å². The van der Waals surface area contributed by atoms with E-state index in [0.29, 0.717) is 22.9 Å². The molecule has 17 heavy (non-hydrogen) atoms. The van der Waals surface area contributed by atoms with Crippen LogP contribution >= 0.6 is 11.6 Å². The van der Waals surface area contributed by atoms with E-state index in [1.165, 1.54) is 14.2 Å². The van der Waals surface area contributed by atoms with Crippen molar-refractivity contribution in [1.29, 1.82) is 0 Å². The number of halogens is 1. The topological polar surface area (TPSA) is 55.8 Å². The van der Waals surface area contributed by atoms with Crippen LogP contribution in [0.3, 0.4) is 0 Å². The lowest BCUT2D eigenvalue weighted by molar-refractivity contribution is -0.141. The van der Waals surface area contributed by atoms with Gasteiger partial charge in [0, 0.05) is 6.07 Å². The van der Waals surface area contributed by atoms with Crippen LogP contribution in [-0.2, 0) is 11.2 Å². The number of methoxy groups -OCH3 is 2. The van der Waals surface area contributed by atoms with E-state index < -0.39 is 11.9 Å². The lowest BCUT2D eigenvalue weighted by atomic mass is 10.0. The van der Waals surface area contributed by atoms with Crippen molar-refractivity contribution >= 4 is 17.6 Å². The van der Waals surface area contributed by atoms with Gasteiger partial charge in [-0.2, -0.15) is 0 Å². The molecular weight excluding hydrogens is 244 g/mol. The summed E-state index contributed by atoms with van der Waals surface area (Å²) in [6.45, 7) is 1.64. The predicted octanol–water partition coefficient (Wildman–Crippen LogP) is 2.62. The first-order valence-electron chi connectivity index (χ1n) is 5.12. The molecule has 1 aromatic rings. The van der Waals surface area contributed by atoms with Gasteiger partial charge in [-0.15, -0.1) is 0 Å². The summed E-state index contributed by atoms with van der Waals surface area (Å²) in [4.78, 5) is 10.8. The Morgan fingerprint density at radius 1 is 1.35 bits per heavy atom. The Morgan fingerprint density at radius 2 is 1.94 bits per heavy atom. The maximum atomic E-state index is 10.8. The first-order valence-corrected chi connectivity index (χ1v) is 5.50. The molecule has 0 radical (unpaired) electrons. The number of benzene rings is 1. The van der Waals surface area contributed by atoms with Gasteiger partial charge < -0.3 is 14.6 Å². The average Bonchev–Trinajstić information content (AvgIpc) is 2.30. The summed E-state index contributed by atoms with van der Waals surface area (Å²) < 4.78 is 10.3. The SMILES string of the molecule is COc1cc(CC(C)C(=O)O)c(OC)cc1Cl. The lowest BCUT2D eigenvalue weighted by Crippen LogP contribution is -2.13. The van der Waals surface area contributed by atoms with E-state index in [1.807, 2.05) is 0 Å². The van der Waals surface area contributed by atoms with E-state index in [9.17, 15) is 4.79 Å². The number of carbonyl (C=O) groups is 1. The maximum Gasteiger partial charge on any atom is 0.306 e. The molecular formula is C12H15ClO4. The minimum atomic E-state index is -0.846. The van der Waals surface area contributed by atoms with Crippen LogP contribution in [0.1, 0.15) is 12.5 Å². The van der Waals surface area contributed by atoms with E-state index in [-0.39, 0.29) is 0 Å². The van der Waals surface area contributed by atoms with Crippen molar-refractivity contribution in [3.8, 4) is 11.5 Å². The highest BCUT2D eigenvalue weighted by atomic mass is 35.5. The predicted molar refractivity (Wildman–Crippen MR) is 65.1 cm³/mol. The van der Waals surface area contributed by atoms with Crippen LogP contribution in [-0.4, -0.2) is 25.3 Å². The molecule has 5 heteroatoms. The second-order valence-corrected chi connectivity index (χ2v) is 4.15. The number of ether oxygens (including phenoxy) is 2. The van der Waals surface area contributed by atoms with Crippen molar-refractivity contribution in [3.63, 3.8) is 0 Å². The molecule has 4 nitrogen and oxygen atoms in total. The third kappa shape index (κ3) is 3.27. The molecule has 0 saturated heterocycles. The van der Waals surface area contributed by atoms with Gasteiger partial charge in [-0.05, 0) is 18.1 Å². The fraction of sp³-hybridized carbons (Fsp3) is 0.417. The summed E-state index contributed by atoms with van der Waals surface area (Å²) in [7, 11) is 3.03. The number of carboxylic acid groups (broad SMARTS) is 1. The Bertz CT molecular complexity index is 417. The van der Waals surface area contributed by atoms with Crippen LogP contribution in [0, 0.1) is 5.92 Å². The summed E-state index contributed by atoms with van der Waals surface area (Å²) >= 11 is 5.96. The number of hydrogen-bond acceptors (Lipinski definition) is 3. The van der Waals surface area contributed by atoms with Crippen molar-refractivity contribution in [2.75, 3.05) is 14.2 Å². The second kappa shape index (κ2) is 5.77. The van der Waals surface area contributed by atoms with Crippen LogP contribution in [0.5, 0.6) is 11.5 Å². The quantitative estimate of drug-likeness (QED) is 0.882. The van der Waals surface area contributed by atoms with Crippen LogP contribution < -0.4 is 9.47 Å². The third-order valence-corrected chi connectivity index (χ3v) is 2.80. The number of aliphatic carboxylic acids is 1. The zero-order chi connectivity index (χ0) is 13.0. The Kier molecular flexibility index (Phi) is 4.63. The molecule has 1 aromatic carbocycles. The van der Waals surface area contributed by atoms with E-state index in [4.69, 9.17) is 26.2 Å². The minimum Gasteiger partial charge on any atom is -0.496 e. The Morgan fingerprint density at radius 3 is 2.41 bits per heavy atom. The zero-order valence-corrected chi connectivity index (χ0v) is 10.7. The van der Waals surface area contributed by atoms with Gasteiger partial charge in [0.05, 0.1) is 25.2 Å². The summed E-state index contributed by atoms with van der Waals surface area (Å²) in [6, 6.07) is 3.34. The molecule has 0 spiro atoms. The monoisotopic (exact) mass is 258 g/mol. The highest BCUT2D eigenvalue weighted by molar-refractivity contribution is 6.32. The highest BCUT2D eigenvalue weighted by Gasteiger charge is 2.16. The van der Waals surface area contributed by atoms with Crippen LogP contribution in [0.2, 0.25) is 5.02 Å². The maximum absolute atomic E-state index is 10.8. The molecule has 0 amide bonds. The number of carboxylic acids is 1. The highest BCUT2D eigenvalue weighted by Crippen LogP contribution is 2.33. The Hall–Kier alpha value is -1.42. The van der Waals surface area contributed by atoms with Crippen molar-refractivity contribution in [1.82, 2.24) is 0 Å². The molecule has 1 unspecified atom stereocenters. The fourth-order valence-corrected chi connectivity index (χ4v) is 1.73. The van der Waals surface area contributed by atoms with Gasteiger partial charge in [-0.25, -0.2) is 0 Å². The van der Waals surface area contributed by atoms with Gasteiger partial charge in [0.25, 0.3) is 0 Å². The van der Waals surface area contributed by atoms with Gasteiger partial charge in [-0.1, -0.05) is 18.5 Å². The molecule has 1 N–H and O–H groups in total. The molecule has 0 aliphatic heterocycles. The number of rotatable bonds is 5. The summed E-state index contributed by atoms with van der Waals surface area (Å²) in [6.07, 6.45) is 0.367. The largest absolute Gasteiger partial charge is 0.496 e. The normalized spacial score (nSPS) is 12.0. The molecule has 0 fully saturated rings. The molecule has 0 aliphatic rings. The van der Waals surface area contributed by atoms with Crippen LogP contribution in [0.15, 0.2) is 12.1 Å². The van der Waals surface area contributed by atoms with E-state index in [2.05, 4.69) is 0 Å². The minimum absolute atomic E-state index is 0.367. The molecule has 1 rings (SSSR count). The molecule has 0 saturated carbocycles. The average molecular weight is 259 g/mol. The van der Waals surface area contributed by atoms with Crippen molar-refractivity contribution in [2.45, 2.75) is 13.3 Å². The first-order chi connectivity index (χ1) is 7.99. The van der Waals surface area contributed by atoms with E-state index in [0.717, 1.165) is 5.56 Å². The van der Waals surface area contributed by atoms with Gasteiger partial charge >= 0.3 is 5.97 Å². The first kappa shape index (κ1) is 13.6. The molecule has 0 aliphatic carbocycles. The van der Waals surface area contributed by atoms with E-state index >= 15 is 0 Å². The zero-order valence-electron chi connectivity index (χ0n) is 9.99. The van der Waals surface area contributed by atoms with Crippen molar-refractivity contribution in [2.24, 2.45) is 5.92 Å². The van der Waals surface area contributed by atoms with Gasteiger partial charge in [0.15, 0.2) is 0 Å². The van der Waals surface area contributed by atoms with Crippen molar-refractivity contribution in [3.05, 3.63) is 22.7 Å². The molecule has 1 atom stereocenters. The molecule has 0 heterocycles. The Balaban J connectivity index is 3.08. The third-order valence-electron chi connectivity index (χ3n) is 2.50. The van der Waals surface area contributed by atoms with E-state index in [1.54, 1.807) is 19.1 Å². The lowest BCUT2D eigenvalue weighted by Gasteiger charge is -2.13. The fourth-order valence-electron chi connectivity index (χ4n) is 1.50. The molecule has 94 valence electrons. The second-order valence-electron chi connectivity index (χ2n) is 3.74. The van der Waals surface area contributed by atoms with Gasteiger partial charge in [0.2, 0.25) is 0 Å². The summed E-state index contributed by atoms with van der Waals surface area (Å²) in [5, 5.41) is 9.33. The molecule has 0 aromatic heterocycles. The molecule has 0 bridgehead atoms. The van der Waals surface area contributed by atoms with Crippen LogP contribution in [0.25, 0.3) is 0 Å². The summed E-state index contributed by atoms with van der Waals surface area (Å²) in [5.41, 5.74) is 0.767. The number of hydrogen-bond donors (Lipinski definition) is 1. The standard InChI is InChI=1S/C12H15ClO4/c1-7(12(14)15)4-8-5-11(17-3)9(13)6-10(8)16-2/h5-7H,4H2,1-3H3,(H,14,15). The smallest absolute Gasteiger partial charge is 0.306 e. The Labute approximate surface area is 105 Å². The van der Waals surface area contributed by atoms with Crippen LogP contribution in [0.4, 0.5) is 0 Å². The van der Waals surface area contributed by atoms with Crippen molar-refractivity contribution < 1.29 is 19.4 Å². The summed E-state index contributed by atoms with van der Waals surface area (Å²) in [5.74, 6) is -0.250.